The van der Waals surface area contributed by atoms with Crippen molar-refractivity contribution in [3.8, 4) is 11.4 Å². The van der Waals surface area contributed by atoms with Crippen LogP contribution in [0.15, 0.2) is 54.6 Å². The molecule has 3 N–H and O–H groups in total. The Balaban J connectivity index is 1.51. The van der Waals surface area contributed by atoms with Crippen molar-refractivity contribution in [3.63, 3.8) is 0 Å². The maximum Gasteiger partial charge on any atom is 0.258 e. The normalized spacial score (nSPS) is 12.9. The molecule has 2 heterocycles. The average molecular weight is 386 g/mol. The van der Waals surface area contributed by atoms with Crippen LogP contribution in [0, 0.1) is 12.7 Å². The fraction of sp³-hybridized carbons (Fsp3) is 0.130. The van der Waals surface area contributed by atoms with E-state index in [1.165, 1.54) is 17.7 Å². The molecule has 4 aromatic rings. The van der Waals surface area contributed by atoms with E-state index in [1.807, 2.05) is 49.4 Å². The standard InChI is InChI=1S/C23H19FN4O/c1-13-2-4-14(5-3-13)22-27-20-10-17(24)9-19(21(20)28-22)23(29)26-18-7-6-15-11-25-12-16(15)8-18/h2-10,25H,11-12H2,1H3,(H,26,29)(H,27,28). The molecule has 1 aliphatic heterocycles. The number of fused-ring (bicyclic) bond motifs is 2. The number of aromatic amines is 1. The molecule has 29 heavy (non-hydrogen) atoms. The minimum absolute atomic E-state index is 0.202. The molecule has 3 aromatic carbocycles. The van der Waals surface area contributed by atoms with E-state index in [9.17, 15) is 9.18 Å². The maximum atomic E-state index is 14.2. The van der Waals surface area contributed by atoms with Gasteiger partial charge in [-0.25, -0.2) is 9.37 Å². The smallest absolute Gasteiger partial charge is 0.258 e. The number of imidazole rings is 1. The van der Waals surface area contributed by atoms with Gasteiger partial charge in [-0.2, -0.15) is 0 Å². The van der Waals surface area contributed by atoms with Crippen LogP contribution in [0.25, 0.3) is 22.4 Å². The van der Waals surface area contributed by atoms with Crippen molar-refractivity contribution in [1.82, 2.24) is 15.3 Å². The molecule has 5 nitrogen and oxygen atoms in total. The summed E-state index contributed by atoms with van der Waals surface area (Å²) >= 11 is 0. The van der Waals surface area contributed by atoms with Crippen LogP contribution in [-0.4, -0.2) is 15.9 Å². The molecule has 144 valence electrons. The Hall–Kier alpha value is -3.51. The molecule has 0 fully saturated rings. The highest BCUT2D eigenvalue weighted by atomic mass is 19.1. The second-order valence-corrected chi connectivity index (χ2v) is 7.34. The van der Waals surface area contributed by atoms with Crippen molar-refractivity contribution >= 4 is 22.6 Å². The number of nitrogens with one attached hydrogen (secondary N) is 3. The number of benzene rings is 3. The monoisotopic (exact) mass is 386 g/mol. The van der Waals surface area contributed by atoms with Gasteiger partial charge in [-0.1, -0.05) is 35.9 Å². The molecule has 0 aliphatic carbocycles. The molecular weight excluding hydrogens is 367 g/mol. The highest BCUT2D eigenvalue weighted by molar-refractivity contribution is 6.11. The van der Waals surface area contributed by atoms with Crippen molar-refractivity contribution in [2.24, 2.45) is 0 Å². The fourth-order valence-corrected chi connectivity index (χ4v) is 3.67. The molecule has 5 rings (SSSR count). The van der Waals surface area contributed by atoms with Crippen LogP contribution in [-0.2, 0) is 13.1 Å². The highest BCUT2D eigenvalue weighted by Crippen LogP contribution is 2.26. The van der Waals surface area contributed by atoms with Crippen molar-refractivity contribution in [1.29, 1.82) is 0 Å². The van der Waals surface area contributed by atoms with E-state index in [0.717, 1.165) is 29.8 Å². The summed E-state index contributed by atoms with van der Waals surface area (Å²) in [5.74, 6) is -0.273. The molecule has 6 heteroatoms. The Kier molecular flexibility index (Phi) is 4.14. The maximum absolute atomic E-state index is 14.2. The number of aryl methyl sites for hydroxylation is 1. The molecule has 0 unspecified atom stereocenters. The Labute approximate surface area is 167 Å². The van der Waals surface area contributed by atoms with Gasteiger partial charge < -0.3 is 15.6 Å². The first-order chi connectivity index (χ1) is 14.1. The first kappa shape index (κ1) is 17.6. The van der Waals surface area contributed by atoms with Crippen LogP contribution < -0.4 is 10.6 Å². The summed E-state index contributed by atoms with van der Waals surface area (Å²) in [5.41, 5.74) is 6.23. The van der Waals surface area contributed by atoms with Crippen LogP contribution >= 0.6 is 0 Å². The fourth-order valence-electron chi connectivity index (χ4n) is 3.67. The zero-order valence-corrected chi connectivity index (χ0v) is 15.8. The lowest BCUT2D eigenvalue weighted by molar-refractivity contribution is 0.102. The van der Waals surface area contributed by atoms with Gasteiger partial charge >= 0.3 is 0 Å². The second-order valence-electron chi connectivity index (χ2n) is 7.34. The largest absolute Gasteiger partial charge is 0.338 e. The van der Waals surface area contributed by atoms with Crippen LogP contribution in [0.4, 0.5) is 10.1 Å². The number of rotatable bonds is 3. The van der Waals surface area contributed by atoms with Crippen LogP contribution in [0.3, 0.4) is 0 Å². The molecule has 1 amide bonds. The summed E-state index contributed by atoms with van der Waals surface area (Å²) in [6, 6.07) is 16.3. The zero-order valence-electron chi connectivity index (χ0n) is 15.8. The summed E-state index contributed by atoms with van der Waals surface area (Å²) in [7, 11) is 0. The molecule has 1 aliphatic rings. The van der Waals surface area contributed by atoms with E-state index < -0.39 is 5.82 Å². The third-order valence-electron chi connectivity index (χ3n) is 5.22. The molecule has 1 aromatic heterocycles. The number of carbonyl (C=O) groups excluding carboxylic acids is 1. The van der Waals surface area contributed by atoms with Crippen molar-refractivity contribution in [2.45, 2.75) is 20.0 Å². The summed E-state index contributed by atoms with van der Waals surface area (Å²) in [5, 5.41) is 6.15. The van der Waals surface area contributed by atoms with Crippen LogP contribution in [0.2, 0.25) is 0 Å². The quantitative estimate of drug-likeness (QED) is 0.484. The van der Waals surface area contributed by atoms with Crippen molar-refractivity contribution < 1.29 is 9.18 Å². The Bertz CT molecular complexity index is 1240. The first-order valence-corrected chi connectivity index (χ1v) is 9.47. The molecule has 0 saturated carbocycles. The second kappa shape index (κ2) is 6.83. The van der Waals surface area contributed by atoms with E-state index in [0.29, 0.717) is 22.5 Å². The minimum Gasteiger partial charge on any atom is -0.338 e. The molecule has 0 atom stereocenters. The topological polar surface area (TPSA) is 69.8 Å². The number of amides is 1. The summed E-state index contributed by atoms with van der Waals surface area (Å²) in [6.07, 6.45) is 0. The Morgan fingerprint density at radius 2 is 1.83 bits per heavy atom. The van der Waals surface area contributed by atoms with E-state index in [-0.39, 0.29) is 11.5 Å². The van der Waals surface area contributed by atoms with Gasteiger partial charge in [-0.15, -0.1) is 0 Å². The number of hydrogen-bond donors (Lipinski definition) is 3. The van der Waals surface area contributed by atoms with Gasteiger partial charge in [0.25, 0.3) is 5.91 Å². The molecular formula is C23H19FN4O. The number of carbonyl (C=O) groups is 1. The van der Waals surface area contributed by atoms with Gasteiger partial charge in [0.2, 0.25) is 0 Å². The third-order valence-corrected chi connectivity index (χ3v) is 5.22. The average Bonchev–Trinajstić information content (AvgIpc) is 3.34. The molecule has 0 spiro atoms. The lowest BCUT2D eigenvalue weighted by Crippen LogP contribution is -2.13. The predicted octanol–water partition coefficient (Wildman–Crippen LogP) is 4.53. The summed E-state index contributed by atoms with van der Waals surface area (Å²) in [6.45, 7) is 3.63. The number of aromatic nitrogens is 2. The van der Waals surface area contributed by atoms with Crippen LogP contribution in [0.5, 0.6) is 0 Å². The number of hydrogen-bond acceptors (Lipinski definition) is 3. The van der Waals surface area contributed by atoms with Crippen molar-refractivity contribution in [2.75, 3.05) is 5.32 Å². The molecule has 0 saturated heterocycles. The van der Waals surface area contributed by atoms with Gasteiger partial charge in [0.1, 0.15) is 17.2 Å². The number of anilines is 1. The van der Waals surface area contributed by atoms with Gasteiger partial charge in [0.15, 0.2) is 0 Å². The van der Waals surface area contributed by atoms with Crippen molar-refractivity contribution in [3.05, 3.63) is 82.7 Å². The Morgan fingerprint density at radius 1 is 1.03 bits per heavy atom. The van der Waals surface area contributed by atoms with Gasteiger partial charge in [-0.05, 0) is 42.3 Å². The SMILES string of the molecule is Cc1ccc(-c2nc3c(C(=O)Nc4ccc5c(c4)CNC5)cc(F)cc3[nH]2)cc1. The lowest BCUT2D eigenvalue weighted by atomic mass is 10.1. The van der Waals surface area contributed by atoms with E-state index in [2.05, 4.69) is 20.6 Å². The number of H-pyrrole nitrogens is 1. The summed E-state index contributed by atoms with van der Waals surface area (Å²) < 4.78 is 14.2. The Morgan fingerprint density at radius 3 is 2.66 bits per heavy atom. The van der Waals surface area contributed by atoms with Gasteiger partial charge in [0, 0.05) is 24.3 Å². The minimum atomic E-state index is -0.486. The van der Waals surface area contributed by atoms with E-state index in [4.69, 9.17) is 0 Å². The van der Waals surface area contributed by atoms with Gasteiger partial charge in [-0.3, -0.25) is 4.79 Å². The van der Waals surface area contributed by atoms with E-state index in [1.54, 1.807) is 0 Å². The first-order valence-electron chi connectivity index (χ1n) is 9.47. The number of halogens is 1. The predicted molar refractivity (Wildman–Crippen MR) is 111 cm³/mol. The molecule has 0 radical (unpaired) electrons. The third kappa shape index (κ3) is 3.28. The highest BCUT2D eigenvalue weighted by Gasteiger charge is 2.18. The van der Waals surface area contributed by atoms with Gasteiger partial charge in [0.05, 0.1) is 11.1 Å². The lowest BCUT2D eigenvalue weighted by Gasteiger charge is -2.08. The number of nitrogens with zero attached hydrogens (tertiary/aromatic N) is 1. The molecule has 0 bridgehead atoms. The van der Waals surface area contributed by atoms with E-state index >= 15 is 0 Å². The zero-order chi connectivity index (χ0) is 20.0. The summed E-state index contributed by atoms with van der Waals surface area (Å²) in [4.78, 5) is 20.6. The van der Waals surface area contributed by atoms with Crippen LogP contribution in [0.1, 0.15) is 27.0 Å².